The molecule has 2 aromatic carbocycles. The average Bonchev–Trinajstić information content (AvgIpc) is 3.25. The van der Waals surface area contributed by atoms with Gasteiger partial charge in [0.1, 0.15) is 0 Å². The summed E-state index contributed by atoms with van der Waals surface area (Å²) >= 11 is 0. The predicted octanol–water partition coefficient (Wildman–Crippen LogP) is 3.43. The highest BCUT2D eigenvalue weighted by molar-refractivity contribution is 5.87. The van der Waals surface area contributed by atoms with E-state index in [-0.39, 0.29) is 18.1 Å². The van der Waals surface area contributed by atoms with Crippen LogP contribution in [0.4, 0.5) is 0 Å². The van der Waals surface area contributed by atoms with Crippen molar-refractivity contribution in [1.29, 1.82) is 0 Å². The number of benzene rings is 2. The second-order valence-corrected chi connectivity index (χ2v) is 7.03. The first kappa shape index (κ1) is 17.3. The molecule has 4 rings (SSSR count). The normalized spacial score (nSPS) is 19.2. The van der Waals surface area contributed by atoms with Crippen molar-refractivity contribution in [2.24, 2.45) is 5.92 Å². The minimum absolute atomic E-state index is 0.0775. The molecule has 2 heterocycles. The van der Waals surface area contributed by atoms with E-state index in [0.29, 0.717) is 19.1 Å². The van der Waals surface area contributed by atoms with Crippen LogP contribution in [0.25, 0.3) is 0 Å². The molecular formula is C22H25NO3. The Morgan fingerprint density at radius 1 is 0.846 bits per heavy atom. The molecule has 4 nitrogen and oxygen atoms in total. The van der Waals surface area contributed by atoms with E-state index in [4.69, 9.17) is 9.47 Å². The Morgan fingerprint density at radius 3 is 1.85 bits per heavy atom. The van der Waals surface area contributed by atoms with Crippen molar-refractivity contribution in [3.05, 3.63) is 71.8 Å². The summed E-state index contributed by atoms with van der Waals surface area (Å²) in [5.74, 6) is 0.343. The van der Waals surface area contributed by atoms with Gasteiger partial charge in [0, 0.05) is 19.0 Å². The van der Waals surface area contributed by atoms with Crippen LogP contribution in [0.5, 0.6) is 0 Å². The summed E-state index contributed by atoms with van der Waals surface area (Å²) in [6.45, 7) is 2.91. The Labute approximate surface area is 154 Å². The van der Waals surface area contributed by atoms with Crippen molar-refractivity contribution >= 4 is 5.91 Å². The summed E-state index contributed by atoms with van der Waals surface area (Å²) in [7, 11) is 0. The van der Waals surface area contributed by atoms with Gasteiger partial charge in [0.15, 0.2) is 6.29 Å². The molecule has 0 aromatic heterocycles. The van der Waals surface area contributed by atoms with Crippen LogP contribution >= 0.6 is 0 Å². The first-order valence-electron chi connectivity index (χ1n) is 9.45. The van der Waals surface area contributed by atoms with Gasteiger partial charge in [0.05, 0.1) is 19.1 Å². The molecule has 0 aliphatic carbocycles. The summed E-state index contributed by atoms with van der Waals surface area (Å²) in [5.41, 5.74) is 2.10. The molecule has 26 heavy (non-hydrogen) atoms. The van der Waals surface area contributed by atoms with Gasteiger partial charge in [-0.05, 0) is 24.0 Å². The SMILES string of the molecule is O=C(C(c1ccccc1)c1ccccc1)N1CCC(C2OCCO2)CC1. The number of carbonyl (C=O) groups excluding carboxylic acids is 1. The second kappa shape index (κ2) is 8.02. The third kappa shape index (κ3) is 3.67. The van der Waals surface area contributed by atoms with Crippen LogP contribution in [-0.2, 0) is 14.3 Å². The number of nitrogens with zero attached hydrogens (tertiary/aromatic N) is 1. The van der Waals surface area contributed by atoms with Gasteiger partial charge in [0.25, 0.3) is 0 Å². The molecule has 0 radical (unpaired) electrons. The topological polar surface area (TPSA) is 38.8 Å². The van der Waals surface area contributed by atoms with Crippen LogP contribution in [-0.4, -0.2) is 43.4 Å². The minimum Gasteiger partial charge on any atom is -0.350 e. The summed E-state index contributed by atoms with van der Waals surface area (Å²) in [6.07, 6.45) is 1.80. The van der Waals surface area contributed by atoms with Gasteiger partial charge in [-0.15, -0.1) is 0 Å². The Bertz CT molecular complexity index is 665. The zero-order chi connectivity index (χ0) is 17.8. The van der Waals surface area contributed by atoms with Crippen LogP contribution in [0, 0.1) is 5.92 Å². The molecule has 2 aromatic rings. The fraction of sp³-hybridized carbons (Fsp3) is 0.409. The standard InChI is InChI=1S/C22H25NO3/c24-21(23-13-11-19(12-14-23)22-25-15-16-26-22)20(17-7-3-1-4-8-17)18-9-5-2-6-10-18/h1-10,19-20,22H,11-16H2. The lowest BCUT2D eigenvalue weighted by Crippen LogP contribution is -2.43. The van der Waals surface area contributed by atoms with Crippen molar-refractivity contribution in [3.63, 3.8) is 0 Å². The maximum atomic E-state index is 13.4. The maximum absolute atomic E-state index is 13.4. The van der Waals surface area contributed by atoms with Gasteiger partial charge in [-0.25, -0.2) is 0 Å². The molecule has 0 unspecified atom stereocenters. The fourth-order valence-corrected chi connectivity index (χ4v) is 3.99. The maximum Gasteiger partial charge on any atom is 0.234 e. The lowest BCUT2D eigenvalue weighted by atomic mass is 9.88. The van der Waals surface area contributed by atoms with Gasteiger partial charge < -0.3 is 14.4 Å². The van der Waals surface area contributed by atoms with E-state index in [0.717, 1.165) is 37.1 Å². The smallest absolute Gasteiger partial charge is 0.234 e. The largest absolute Gasteiger partial charge is 0.350 e. The van der Waals surface area contributed by atoms with Crippen LogP contribution < -0.4 is 0 Å². The molecule has 0 atom stereocenters. The molecule has 2 aliphatic rings. The molecule has 2 saturated heterocycles. The molecule has 0 N–H and O–H groups in total. The Balaban J connectivity index is 1.50. The number of hydrogen-bond acceptors (Lipinski definition) is 3. The number of likely N-dealkylation sites (tertiary alicyclic amines) is 1. The number of rotatable bonds is 4. The zero-order valence-corrected chi connectivity index (χ0v) is 14.9. The van der Waals surface area contributed by atoms with E-state index in [1.807, 2.05) is 65.6 Å². The van der Waals surface area contributed by atoms with Gasteiger partial charge >= 0.3 is 0 Å². The first-order chi connectivity index (χ1) is 12.8. The van der Waals surface area contributed by atoms with Crippen LogP contribution in [0.2, 0.25) is 0 Å². The highest BCUT2D eigenvalue weighted by Crippen LogP contribution is 2.31. The summed E-state index contributed by atoms with van der Waals surface area (Å²) in [4.78, 5) is 15.4. The average molecular weight is 351 g/mol. The van der Waals surface area contributed by atoms with Crippen molar-refractivity contribution in [2.75, 3.05) is 26.3 Å². The van der Waals surface area contributed by atoms with Crippen molar-refractivity contribution in [3.8, 4) is 0 Å². The zero-order valence-electron chi connectivity index (χ0n) is 14.9. The molecule has 1 amide bonds. The highest BCUT2D eigenvalue weighted by atomic mass is 16.7. The van der Waals surface area contributed by atoms with Crippen molar-refractivity contribution < 1.29 is 14.3 Å². The molecule has 0 bridgehead atoms. The van der Waals surface area contributed by atoms with Crippen molar-refractivity contribution in [1.82, 2.24) is 4.90 Å². The molecule has 2 fully saturated rings. The Morgan fingerprint density at radius 2 is 1.35 bits per heavy atom. The lowest BCUT2D eigenvalue weighted by molar-refractivity contribution is -0.137. The van der Waals surface area contributed by atoms with Gasteiger partial charge in [-0.1, -0.05) is 60.7 Å². The summed E-state index contributed by atoms with van der Waals surface area (Å²) in [5, 5.41) is 0. The third-order valence-electron chi connectivity index (χ3n) is 5.40. The van der Waals surface area contributed by atoms with E-state index >= 15 is 0 Å². The molecular weight excluding hydrogens is 326 g/mol. The summed E-state index contributed by atoms with van der Waals surface area (Å²) in [6, 6.07) is 20.2. The number of hydrogen-bond donors (Lipinski definition) is 0. The highest BCUT2D eigenvalue weighted by Gasteiger charge is 2.34. The number of ether oxygens (including phenoxy) is 2. The van der Waals surface area contributed by atoms with Gasteiger partial charge in [0.2, 0.25) is 5.91 Å². The van der Waals surface area contributed by atoms with Crippen molar-refractivity contribution in [2.45, 2.75) is 25.0 Å². The number of carbonyl (C=O) groups is 1. The summed E-state index contributed by atoms with van der Waals surface area (Å²) < 4.78 is 11.3. The first-order valence-corrected chi connectivity index (χ1v) is 9.45. The molecule has 4 heteroatoms. The van der Waals surface area contributed by atoms with E-state index in [1.165, 1.54) is 0 Å². The van der Waals surface area contributed by atoms with E-state index in [2.05, 4.69) is 0 Å². The van der Waals surface area contributed by atoms with E-state index < -0.39 is 0 Å². The number of amides is 1. The third-order valence-corrected chi connectivity index (χ3v) is 5.40. The monoisotopic (exact) mass is 351 g/mol. The van der Waals surface area contributed by atoms with Gasteiger partial charge in [-0.2, -0.15) is 0 Å². The molecule has 136 valence electrons. The minimum atomic E-state index is -0.243. The number of piperidine rings is 1. The van der Waals surface area contributed by atoms with Crippen LogP contribution in [0.15, 0.2) is 60.7 Å². The van der Waals surface area contributed by atoms with Gasteiger partial charge in [-0.3, -0.25) is 4.79 Å². The van der Waals surface area contributed by atoms with E-state index in [1.54, 1.807) is 0 Å². The van der Waals surface area contributed by atoms with E-state index in [9.17, 15) is 4.79 Å². The Hall–Kier alpha value is -2.17. The van der Waals surface area contributed by atoms with Crippen LogP contribution in [0.3, 0.4) is 0 Å². The fourth-order valence-electron chi connectivity index (χ4n) is 3.99. The quantitative estimate of drug-likeness (QED) is 0.847. The molecule has 0 spiro atoms. The lowest BCUT2D eigenvalue weighted by Gasteiger charge is -2.36. The second-order valence-electron chi connectivity index (χ2n) is 7.03. The molecule has 0 saturated carbocycles. The molecule has 2 aliphatic heterocycles. The predicted molar refractivity (Wildman–Crippen MR) is 99.7 cm³/mol. The van der Waals surface area contributed by atoms with Crippen LogP contribution in [0.1, 0.15) is 29.9 Å². The Kier molecular flexibility index (Phi) is 5.32.